The van der Waals surface area contributed by atoms with Crippen LogP contribution in [0.3, 0.4) is 0 Å². The maximum absolute atomic E-state index is 11.6. The van der Waals surface area contributed by atoms with Gasteiger partial charge in [-0.3, -0.25) is 4.79 Å². The zero-order valence-corrected chi connectivity index (χ0v) is 18.2. The number of halogens is 1. The molecular weight excluding hydrogens is 474 g/mol. The fourth-order valence-electron chi connectivity index (χ4n) is 3.06. The summed E-state index contributed by atoms with van der Waals surface area (Å²) in [6, 6.07) is 14.9. The summed E-state index contributed by atoms with van der Waals surface area (Å²) in [6.45, 7) is 5.74. The van der Waals surface area contributed by atoms with Gasteiger partial charge in [-0.2, -0.15) is 0 Å². The first kappa shape index (κ1) is 20.3. The number of morpholine rings is 1. The molecule has 0 radical (unpaired) electrons. The van der Waals surface area contributed by atoms with E-state index >= 15 is 0 Å². The highest BCUT2D eigenvalue weighted by Crippen LogP contribution is 2.27. The van der Waals surface area contributed by atoms with E-state index in [-0.39, 0.29) is 12.4 Å². The number of carbonyl (C=O) groups excluding carboxylic acids is 1. The van der Waals surface area contributed by atoms with Crippen molar-refractivity contribution >= 4 is 46.2 Å². The average molecular weight is 496 g/mol. The van der Waals surface area contributed by atoms with E-state index in [4.69, 9.17) is 9.36 Å². The molecule has 7 heteroatoms. The summed E-state index contributed by atoms with van der Waals surface area (Å²) < 4.78 is 10.3. The van der Waals surface area contributed by atoms with E-state index in [0.29, 0.717) is 0 Å². The third-order valence-corrected chi connectivity index (χ3v) is 5.26. The number of hydrogen-bond acceptors (Lipinski definition) is 4. The van der Waals surface area contributed by atoms with Crippen molar-refractivity contribution in [1.29, 1.82) is 0 Å². The molecule has 1 fully saturated rings. The molecule has 1 unspecified atom stereocenters. The molecule has 2 aromatic rings. The van der Waals surface area contributed by atoms with Crippen molar-refractivity contribution in [3.63, 3.8) is 0 Å². The molecule has 5 nitrogen and oxygen atoms in total. The van der Waals surface area contributed by atoms with Gasteiger partial charge in [0.15, 0.2) is 0 Å². The van der Waals surface area contributed by atoms with E-state index in [1.165, 1.54) is 28.5 Å². The van der Waals surface area contributed by atoms with Crippen LogP contribution in [0, 0.1) is 6.92 Å². The largest absolute Gasteiger partial charge is 0.378 e. The van der Waals surface area contributed by atoms with E-state index < -0.39 is 0 Å². The SMILES string of the molecule is Cc1cc(/C=C/C(=O)NOPI)ccc1-c1ccc(N2CCOCC2)cc1. The fraction of sp³-hybridized carbons (Fsp3) is 0.250. The first-order valence-corrected chi connectivity index (χ1v) is 12.7. The van der Waals surface area contributed by atoms with Crippen LogP contribution in [0.1, 0.15) is 11.1 Å². The van der Waals surface area contributed by atoms with Gasteiger partial charge >= 0.3 is 0 Å². The van der Waals surface area contributed by atoms with E-state index in [9.17, 15) is 4.79 Å². The third kappa shape index (κ3) is 5.75. The molecule has 1 amide bonds. The van der Waals surface area contributed by atoms with Gasteiger partial charge in [-0.15, -0.1) is 0 Å². The summed E-state index contributed by atoms with van der Waals surface area (Å²) in [5, 5.41) is 0. The molecule has 1 atom stereocenters. The van der Waals surface area contributed by atoms with Gasteiger partial charge < -0.3 is 9.64 Å². The smallest absolute Gasteiger partial charge is 0.267 e. The van der Waals surface area contributed by atoms with Gasteiger partial charge in [0.2, 0.25) is 0 Å². The molecular formula is C20H22IN2O3P. The highest BCUT2D eigenvalue weighted by atomic mass is 127. The summed E-state index contributed by atoms with van der Waals surface area (Å²) in [6.07, 6.45) is 3.26. The minimum absolute atomic E-state index is 0.197. The Bertz CT molecular complexity index is 805. The summed E-state index contributed by atoms with van der Waals surface area (Å²) in [4.78, 5) is 13.9. The third-order valence-electron chi connectivity index (χ3n) is 4.42. The lowest BCUT2D eigenvalue weighted by atomic mass is 9.98. The standard InChI is InChI=1S/C20H22IN2O3P/c1-15-14-16(3-9-20(24)22-26-27-21)2-8-19(15)17-4-6-18(7-5-17)23-10-12-25-13-11-23/h2-9,14,27H,10-13H2,1H3,(H,22,24)/b9-3+. The van der Waals surface area contributed by atoms with Gasteiger partial charge in [0, 0.05) is 24.9 Å². The number of aryl methyl sites for hydroxylation is 1. The van der Waals surface area contributed by atoms with Gasteiger partial charge in [0.05, 0.1) is 13.2 Å². The highest BCUT2D eigenvalue weighted by molar-refractivity contribution is 14.2. The number of nitrogens with one attached hydrogen (secondary N) is 1. The lowest BCUT2D eigenvalue weighted by Crippen LogP contribution is -2.36. The van der Waals surface area contributed by atoms with Crippen LogP contribution in [0.15, 0.2) is 48.5 Å². The molecule has 0 aliphatic carbocycles. The van der Waals surface area contributed by atoms with E-state index in [2.05, 4.69) is 53.7 Å². The number of anilines is 1. The molecule has 1 aliphatic rings. The monoisotopic (exact) mass is 496 g/mol. The number of carbonyl (C=O) groups is 1. The fourth-order valence-corrected chi connectivity index (χ4v) is 3.53. The summed E-state index contributed by atoms with van der Waals surface area (Å²) in [7, 11) is 0. The predicted octanol–water partition coefficient (Wildman–Crippen LogP) is 4.50. The molecule has 27 heavy (non-hydrogen) atoms. The molecule has 1 N–H and O–H groups in total. The zero-order chi connectivity index (χ0) is 19.1. The summed E-state index contributed by atoms with van der Waals surface area (Å²) in [5.41, 5.74) is 8.12. The van der Waals surface area contributed by atoms with Crippen molar-refractivity contribution in [2.24, 2.45) is 0 Å². The molecule has 0 bridgehead atoms. The van der Waals surface area contributed by atoms with Crippen molar-refractivity contribution < 1.29 is 14.2 Å². The molecule has 1 heterocycles. The normalized spacial score (nSPS) is 15.0. The Labute approximate surface area is 174 Å². The lowest BCUT2D eigenvalue weighted by molar-refractivity contribution is -0.122. The van der Waals surface area contributed by atoms with Crippen molar-refractivity contribution in [3.05, 3.63) is 59.7 Å². The first-order chi connectivity index (χ1) is 13.2. The zero-order valence-electron chi connectivity index (χ0n) is 15.1. The molecule has 0 spiro atoms. The number of ether oxygens (including phenoxy) is 1. The number of rotatable bonds is 6. The lowest BCUT2D eigenvalue weighted by Gasteiger charge is -2.29. The van der Waals surface area contributed by atoms with E-state index in [1.807, 2.05) is 28.1 Å². The minimum atomic E-state index is -0.264. The second kappa shape index (κ2) is 10.2. The van der Waals surface area contributed by atoms with Gasteiger partial charge in [-0.05, 0) is 69.4 Å². The summed E-state index contributed by atoms with van der Waals surface area (Å²) >= 11 is 2.05. The van der Waals surface area contributed by atoms with Gasteiger partial charge in [0.1, 0.15) is 6.45 Å². The van der Waals surface area contributed by atoms with E-state index in [1.54, 1.807) is 6.08 Å². The van der Waals surface area contributed by atoms with Crippen molar-refractivity contribution in [3.8, 4) is 11.1 Å². The van der Waals surface area contributed by atoms with Crippen LogP contribution in [-0.2, 0) is 14.2 Å². The van der Waals surface area contributed by atoms with Crippen LogP contribution in [-0.4, -0.2) is 32.2 Å². The van der Waals surface area contributed by atoms with E-state index in [0.717, 1.165) is 31.9 Å². The molecule has 3 rings (SSSR count). The molecule has 2 aromatic carbocycles. The van der Waals surface area contributed by atoms with Crippen molar-refractivity contribution in [1.82, 2.24) is 5.48 Å². The van der Waals surface area contributed by atoms with Gasteiger partial charge in [-0.1, -0.05) is 30.3 Å². The topological polar surface area (TPSA) is 50.8 Å². The number of benzene rings is 2. The van der Waals surface area contributed by atoms with Crippen LogP contribution >= 0.6 is 28.5 Å². The number of nitrogens with zero attached hydrogens (tertiary/aromatic N) is 1. The Balaban J connectivity index is 1.70. The predicted molar refractivity (Wildman–Crippen MR) is 120 cm³/mol. The number of amides is 1. The quantitative estimate of drug-likeness (QED) is 0.277. The molecule has 0 saturated carbocycles. The Hall–Kier alpha value is -1.47. The van der Waals surface area contributed by atoms with Crippen LogP contribution in [0.5, 0.6) is 0 Å². The Morgan fingerprint density at radius 3 is 2.63 bits per heavy atom. The molecule has 1 saturated heterocycles. The second-order valence-corrected chi connectivity index (χ2v) is 7.88. The van der Waals surface area contributed by atoms with Crippen LogP contribution in [0.4, 0.5) is 5.69 Å². The number of hydroxylamine groups is 1. The highest BCUT2D eigenvalue weighted by Gasteiger charge is 2.11. The maximum atomic E-state index is 11.6. The molecule has 1 aliphatic heterocycles. The summed E-state index contributed by atoms with van der Waals surface area (Å²) in [5.74, 6) is -0.264. The first-order valence-electron chi connectivity index (χ1n) is 8.70. The van der Waals surface area contributed by atoms with Crippen LogP contribution in [0.2, 0.25) is 0 Å². The maximum Gasteiger partial charge on any atom is 0.267 e. The second-order valence-electron chi connectivity index (χ2n) is 6.20. The average Bonchev–Trinajstić information content (AvgIpc) is 2.71. The Morgan fingerprint density at radius 1 is 1.22 bits per heavy atom. The van der Waals surface area contributed by atoms with Crippen LogP contribution < -0.4 is 10.4 Å². The molecule has 142 valence electrons. The minimum Gasteiger partial charge on any atom is -0.378 e. The Kier molecular flexibility index (Phi) is 7.64. The van der Waals surface area contributed by atoms with Crippen molar-refractivity contribution in [2.45, 2.75) is 6.92 Å². The van der Waals surface area contributed by atoms with Crippen LogP contribution in [0.25, 0.3) is 17.2 Å². The van der Waals surface area contributed by atoms with Gasteiger partial charge in [-0.25, -0.2) is 10.1 Å². The van der Waals surface area contributed by atoms with Gasteiger partial charge in [0.25, 0.3) is 5.91 Å². The molecule has 0 aromatic heterocycles. The Morgan fingerprint density at radius 2 is 1.96 bits per heavy atom. The number of hydrogen-bond donors (Lipinski definition) is 1. The van der Waals surface area contributed by atoms with Crippen molar-refractivity contribution in [2.75, 3.05) is 31.2 Å².